The van der Waals surface area contributed by atoms with E-state index in [0.717, 1.165) is 12.1 Å². The van der Waals surface area contributed by atoms with Gasteiger partial charge in [-0.1, -0.05) is 48.5 Å². The second-order valence-electron chi connectivity index (χ2n) is 5.36. The third-order valence-corrected chi connectivity index (χ3v) is 3.96. The molecule has 0 aliphatic heterocycles. The van der Waals surface area contributed by atoms with Gasteiger partial charge in [-0.3, -0.25) is 4.90 Å². The number of nitrogens with zero attached hydrogens (tertiary/aromatic N) is 1. The smallest absolute Gasteiger partial charge is 0.120 e. The third-order valence-electron chi connectivity index (χ3n) is 3.96. The first-order valence-electron chi connectivity index (χ1n) is 6.78. The number of likely N-dealkylation sites (N-methyl/N-ethyl adjacent to an activating group) is 1. The molecule has 0 amide bonds. The van der Waals surface area contributed by atoms with Crippen LogP contribution in [-0.4, -0.2) is 23.1 Å². The van der Waals surface area contributed by atoms with Crippen LogP contribution in [0.15, 0.2) is 54.6 Å². The second-order valence-corrected chi connectivity index (χ2v) is 5.36. The Morgan fingerprint density at radius 1 is 1.05 bits per heavy atom. The summed E-state index contributed by atoms with van der Waals surface area (Å²) >= 11 is 0. The van der Waals surface area contributed by atoms with Crippen molar-refractivity contribution in [1.29, 1.82) is 0 Å². The normalized spacial score (nSPS) is 21.6. The molecule has 0 heterocycles. The van der Waals surface area contributed by atoms with E-state index in [2.05, 4.69) is 42.3 Å². The van der Waals surface area contributed by atoms with Gasteiger partial charge in [-0.25, -0.2) is 0 Å². The van der Waals surface area contributed by atoms with Crippen LogP contribution in [0.5, 0.6) is 5.75 Å². The molecule has 1 fully saturated rings. The number of hydrogen-bond acceptors (Lipinski definition) is 2. The monoisotopic (exact) mass is 253 g/mol. The summed E-state index contributed by atoms with van der Waals surface area (Å²) in [6.07, 6.45) is 1.22. The Morgan fingerprint density at radius 2 is 1.74 bits per heavy atom. The summed E-state index contributed by atoms with van der Waals surface area (Å²) in [6.45, 7) is 0.806. The van der Waals surface area contributed by atoms with E-state index < -0.39 is 0 Å². The molecule has 2 heteroatoms. The van der Waals surface area contributed by atoms with Crippen LogP contribution in [-0.2, 0) is 6.54 Å². The van der Waals surface area contributed by atoms with Crippen LogP contribution in [0, 0.1) is 0 Å². The molecular weight excluding hydrogens is 234 g/mol. The molecule has 0 aromatic heterocycles. The predicted molar refractivity (Wildman–Crippen MR) is 77.2 cm³/mol. The fourth-order valence-corrected chi connectivity index (χ4v) is 2.76. The van der Waals surface area contributed by atoms with E-state index in [-0.39, 0.29) is 0 Å². The Labute approximate surface area is 114 Å². The van der Waals surface area contributed by atoms with E-state index in [4.69, 9.17) is 0 Å². The third kappa shape index (κ3) is 2.64. The molecule has 0 unspecified atom stereocenters. The lowest BCUT2D eigenvalue weighted by molar-refractivity contribution is 0.305. The molecule has 0 bridgehead atoms. The van der Waals surface area contributed by atoms with E-state index in [1.807, 2.05) is 18.2 Å². The number of phenols is 1. The van der Waals surface area contributed by atoms with Gasteiger partial charge in [-0.2, -0.15) is 0 Å². The molecule has 1 saturated carbocycles. The van der Waals surface area contributed by atoms with E-state index in [1.54, 1.807) is 6.07 Å². The van der Waals surface area contributed by atoms with Crippen LogP contribution < -0.4 is 0 Å². The Morgan fingerprint density at radius 3 is 2.47 bits per heavy atom. The Hall–Kier alpha value is -1.80. The highest BCUT2D eigenvalue weighted by Crippen LogP contribution is 2.44. The van der Waals surface area contributed by atoms with Crippen LogP contribution in [0.2, 0.25) is 0 Å². The minimum atomic E-state index is 0.395. The molecule has 1 aliphatic carbocycles. The van der Waals surface area contributed by atoms with Crippen LogP contribution in [0.1, 0.15) is 23.5 Å². The van der Waals surface area contributed by atoms with Gasteiger partial charge in [0.2, 0.25) is 0 Å². The Bertz CT molecular complexity index is 552. The van der Waals surface area contributed by atoms with Gasteiger partial charge in [0.15, 0.2) is 0 Å². The molecule has 3 rings (SSSR count). The molecule has 2 aromatic rings. The first-order chi connectivity index (χ1) is 9.25. The zero-order valence-corrected chi connectivity index (χ0v) is 11.2. The number of aromatic hydroxyl groups is 1. The van der Waals surface area contributed by atoms with Crippen molar-refractivity contribution in [1.82, 2.24) is 4.90 Å². The molecule has 2 nitrogen and oxygen atoms in total. The van der Waals surface area contributed by atoms with Gasteiger partial charge in [0.05, 0.1) is 0 Å². The number of benzene rings is 2. The van der Waals surface area contributed by atoms with E-state index in [0.29, 0.717) is 17.7 Å². The van der Waals surface area contributed by atoms with Gasteiger partial charge in [0.1, 0.15) is 5.75 Å². The second kappa shape index (κ2) is 5.06. The maximum Gasteiger partial charge on any atom is 0.120 e. The summed E-state index contributed by atoms with van der Waals surface area (Å²) in [6, 6.07) is 18.9. The topological polar surface area (TPSA) is 23.5 Å². The number of para-hydroxylation sites is 1. The van der Waals surface area contributed by atoms with Gasteiger partial charge in [0.25, 0.3) is 0 Å². The van der Waals surface area contributed by atoms with Crippen molar-refractivity contribution in [2.45, 2.75) is 24.9 Å². The summed E-state index contributed by atoms with van der Waals surface area (Å²) < 4.78 is 0. The quantitative estimate of drug-likeness (QED) is 0.903. The molecule has 0 radical (unpaired) electrons. The van der Waals surface area contributed by atoms with Gasteiger partial charge < -0.3 is 5.11 Å². The van der Waals surface area contributed by atoms with Crippen molar-refractivity contribution in [3.05, 3.63) is 65.7 Å². The molecule has 98 valence electrons. The lowest BCUT2D eigenvalue weighted by Gasteiger charge is -2.17. The summed E-state index contributed by atoms with van der Waals surface area (Å²) in [5.74, 6) is 1.04. The summed E-state index contributed by atoms with van der Waals surface area (Å²) in [4.78, 5) is 2.34. The zero-order chi connectivity index (χ0) is 13.2. The zero-order valence-electron chi connectivity index (χ0n) is 11.2. The lowest BCUT2D eigenvalue weighted by atomic mass is 10.1. The number of rotatable bonds is 4. The maximum atomic E-state index is 9.82. The fourth-order valence-electron chi connectivity index (χ4n) is 2.76. The molecule has 0 spiro atoms. The molecular formula is C17H19NO. The summed E-state index contributed by atoms with van der Waals surface area (Å²) in [5, 5.41) is 9.82. The van der Waals surface area contributed by atoms with Gasteiger partial charge in [-0.15, -0.1) is 0 Å². The minimum Gasteiger partial charge on any atom is -0.508 e. The fraction of sp³-hybridized carbons (Fsp3) is 0.294. The van der Waals surface area contributed by atoms with Crippen molar-refractivity contribution in [2.24, 2.45) is 0 Å². The predicted octanol–water partition coefficient (Wildman–Crippen LogP) is 3.38. The highest BCUT2D eigenvalue weighted by Gasteiger charge is 2.41. The van der Waals surface area contributed by atoms with Crippen molar-refractivity contribution >= 4 is 0 Å². The largest absolute Gasteiger partial charge is 0.508 e. The van der Waals surface area contributed by atoms with Crippen LogP contribution >= 0.6 is 0 Å². The molecule has 0 saturated heterocycles. The molecule has 1 N–H and O–H groups in total. The van der Waals surface area contributed by atoms with Gasteiger partial charge in [0, 0.05) is 24.1 Å². The lowest BCUT2D eigenvalue weighted by Crippen LogP contribution is -2.21. The minimum absolute atomic E-state index is 0.395. The molecule has 2 aromatic carbocycles. The van der Waals surface area contributed by atoms with E-state index in [9.17, 15) is 5.11 Å². The number of hydrogen-bond donors (Lipinski definition) is 1. The molecule has 19 heavy (non-hydrogen) atoms. The first kappa shape index (κ1) is 12.2. The standard InChI is InChI=1S/C17H19NO/c1-18(12-14-9-5-6-10-17(14)19)16-11-15(16)13-7-3-2-4-8-13/h2-10,15-16,19H,11-12H2,1H3/t15-,16+/m1/s1. The SMILES string of the molecule is CN(Cc1ccccc1O)[C@H]1C[C@@H]1c1ccccc1. The van der Waals surface area contributed by atoms with Crippen molar-refractivity contribution in [2.75, 3.05) is 7.05 Å². The summed E-state index contributed by atoms with van der Waals surface area (Å²) in [7, 11) is 2.14. The van der Waals surface area contributed by atoms with Crippen molar-refractivity contribution in [3.63, 3.8) is 0 Å². The van der Waals surface area contributed by atoms with E-state index >= 15 is 0 Å². The highest BCUT2D eigenvalue weighted by atomic mass is 16.3. The van der Waals surface area contributed by atoms with Crippen LogP contribution in [0.3, 0.4) is 0 Å². The van der Waals surface area contributed by atoms with Crippen LogP contribution in [0.4, 0.5) is 0 Å². The summed E-state index contributed by atoms with van der Waals surface area (Å²) in [5.41, 5.74) is 2.43. The average molecular weight is 253 g/mol. The average Bonchev–Trinajstić information content (AvgIpc) is 3.23. The Balaban J connectivity index is 1.64. The van der Waals surface area contributed by atoms with Gasteiger partial charge in [-0.05, 0) is 25.1 Å². The Kier molecular flexibility index (Phi) is 3.26. The van der Waals surface area contributed by atoms with Crippen molar-refractivity contribution in [3.8, 4) is 5.75 Å². The van der Waals surface area contributed by atoms with Crippen LogP contribution in [0.25, 0.3) is 0 Å². The number of phenolic OH excluding ortho intramolecular Hbond substituents is 1. The highest BCUT2D eigenvalue weighted by molar-refractivity contribution is 5.32. The molecule has 2 atom stereocenters. The van der Waals surface area contributed by atoms with Crippen molar-refractivity contribution < 1.29 is 5.11 Å². The molecule has 1 aliphatic rings. The maximum absolute atomic E-state index is 9.82. The van der Waals surface area contributed by atoms with Gasteiger partial charge >= 0.3 is 0 Å². The first-order valence-corrected chi connectivity index (χ1v) is 6.78. The van der Waals surface area contributed by atoms with E-state index in [1.165, 1.54) is 12.0 Å².